The van der Waals surface area contributed by atoms with Crippen LogP contribution in [0.5, 0.6) is 5.75 Å². The lowest BCUT2D eigenvalue weighted by atomic mass is 9.54. The summed E-state index contributed by atoms with van der Waals surface area (Å²) in [4.78, 5) is 62.7. The second-order valence-corrected chi connectivity index (χ2v) is 8.51. The second kappa shape index (κ2) is 6.05. The van der Waals surface area contributed by atoms with Gasteiger partial charge >= 0.3 is 0 Å². The van der Waals surface area contributed by atoms with Crippen molar-refractivity contribution in [2.45, 2.75) is 24.9 Å². The number of hydrogen-bond acceptors (Lipinski definition) is 7. The monoisotopic (exact) mass is 449 g/mol. The van der Waals surface area contributed by atoms with E-state index in [-0.39, 0.29) is 30.6 Å². The molecule has 1 amide bonds. The lowest BCUT2D eigenvalue weighted by molar-refractivity contribution is -0.175. The Labute approximate surface area is 167 Å². The van der Waals surface area contributed by atoms with E-state index in [0.29, 0.717) is 10.0 Å². The van der Waals surface area contributed by atoms with E-state index in [9.17, 15) is 34.2 Å². The maximum Gasteiger partial charge on any atom is 0.235 e. The van der Waals surface area contributed by atoms with Crippen molar-refractivity contribution < 1.29 is 34.2 Å². The molecule has 3 aliphatic carbocycles. The Hall–Kier alpha value is -2.39. The third kappa shape index (κ3) is 2.29. The highest BCUT2D eigenvalue weighted by molar-refractivity contribution is 9.10. The van der Waals surface area contributed by atoms with Gasteiger partial charge in [0, 0.05) is 16.8 Å². The predicted octanol–water partition coefficient (Wildman–Crippen LogP) is 0.0894. The molecule has 0 heterocycles. The molecule has 0 saturated heterocycles. The summed E-state index contributed by atoms with van der Waals surface area (Å²) in [6.45, 7) is 0. The molecule has 8 nitrogen and oxygen atoms in total. The Morgan fingerprint density at radius 2 is 1.82 bits per heavy atom. The van der Waals surface area contributed by atoms with Crippen molar-refractivity contribution in [3.63, 3.8) is 0 Å². The molecule has 4 N–H and O–H groups in total. The van der Waals surface area contributed by atoms with Gasteiger partial charge in [-0.1, -0.05) is 15.9 Å². The topological polar surface area (TPSA) is 152 Å². The Balaban J connectivity index is 1.82. The zero-order valence-electron chi connectivity index (χ0n) is 14.5. The molecule has 2 fully saturated rings. The third-order valence-corrected chi connectivity index (χ3v) is 6.97. The number of amides is 1. The van der Waals surface area contributed by atoms with Crippen molar-refractivity contribution in [1.82, 2.24) is 0 Å². The molecule has 5 atom stereocenters. The summed E-state index contributed by atoms with van der Waals surface area (Å²) in [6, 6.07) is 2.91. The molecular formula is C19H16BrNO7. The van der Waals surface area contributed by atoms with Crippen LogP contribution in [-0.2, 0) is 25.6 Å². The van der Waals surface area contributed by atoms with Gasteiger partial charge in [-0.3, -0.25) is 24.0 Å². The van der Waals surface area contributed by atoms with E-state index in [1.54, 1.807) is 6.07 Å². The smallest absolute Gasteiger partial charge is 0.235 e. The molecule has 2 unspecified atom stereocenters. The van der Waals surface area contributed by atoms with Gasteiger partial charge in [-0.05, 0) is 36.5 Å². The number of carbonyl (C=O) groups is 5. The molecule has 1 aromatic carbocycles. The van der Waals surface area contributed by atoms with Crippen LogP contribution in [0.3, 0.4) is 0 Å². The summed E-state index contributed by atoms with van der Waals surface area (Å²) in [7, 11) is 0. The molecule has 3 aliphatic rings. The summed E-state index contributed by atoms with van der Waals surface area (Å²) in [5.74, 6) is -9.95. The summed E-state index contributed by atoms with van der Waals surface area (Å²) >= 11 is 3.34. The van der Waals surface area contributed by atoms with Crippen LogP contribution in [0.2, 0.25) is 0 Å². The van der Waals surface area contributed by atoms with Crippen molar-refractivity contribution in [3.8, 4) is 5.75 Å². The molecule has 0 aromatic heterocycles. The van der Waals surface area contributed by atoms with Gasteiger partial charge in [-0.25, -0.2) is 0 Å². The Morgan fingerprint density at radius 3 is 2.46 bits per heavy atom. The van der Waals surface area contributed by atoms with E-state index in [4.69, 9.17) is 5.73 Å². The van der Waals surface area contributed by atoms with Crippen LogP contribution in [0.25, 0.3) is 0 Å². The number of aromatic hydroxyl groups is 1. The highest BCUT2D eigenvalue weighted by Gasteiger charge is 2.66. The highest BCUT2D eigenvalue weighted by Crippen LogP contribution is 2.50. The van der Waals surface area contributed by atoms with Crippen molar-refractivity contribution >= 4 is 45.0 Å². The van der Waals surface area contributed by atoms with Crippen LogP contribution in [0.1, 0.15) is 28.8 Å². The van der Waals surface area contributed by atoms with Crippen molar-refractivity contribution in [2.24, 2.45) is 29.4 Å². The lowest BCUT2D eigenvalue weighted by Crippen LogP contribution is -2.68. The lowest BCUT2D eigenvalue weighted by Gasteiger charge is -2.48. The fraction of sp³-hybridized carbons (Fsp3) is 0.421. The van der Waals surface area contributed by atoms with Gasteiger partial charge in [0.05, 0.1) is 11.5 Å². The molecule has 0 radical (unpaired) electrons. The van der Waals surface area contributed by atoms with Crippen LogP contribution >= 0.6 is 15.9 Å². The van der Waals surface area contributed by atoms with Crippen LogP contribution in [0, 0.1) is 23.7 Å². The molecule has 0 spiro atoms. The quantitative estimate of drug-likeness (QED) is 0.513. The number of fused-ring (bicyclic) bond motifs is 3. The number of phenolic OH excluding ortho intramolecular Hbond substituents is 1. The first-order chi connectivity index (χ1) is 13.1. The minimum absolute atomic E-state index is 0.0168. The Morgan fingerprint density at radius 1 is 1.14 bits per heavy atom. The molecule has 146 valence electrons. The average molecular weight is 450 g/mol. The van der Waals surface area contributed by atoms with Crippen molar-refractivity contribution in [3.05, 3.63) is 27.7 Å². The van der Waals surface area contributed by atoms with E-state index in [0.717, 1.165) is 0 Å². The van der Waals surface area contributed by atoms with E-state index in [1.165, 1.54) is 6.07 Å². The van der Waals surface area contributed by atoms with Gasteiger partial charge in [0.25, 0.3) is 0 Å². The van der Waals surface area contributed by atoms with Crippen LogP contribution in [0.15, 0.2) is 16.6 Å². The first kappa shape index (κ1) is 18.9. The molecule has 0 bridgehead atoms. The molecule has 0 aliphatic heterocycles. The highest BCUT2D eigenvalue weighted by atomic mass is 79.9. The number of carbonyl (C=O) groups excluding carboxylic acids is 5. The normalized spacial score (nSPS) is 34.5. The average Bonchev–Trinajstić information content (AvgIpc) is 2.61. The Kier molecular flexibility index (Phi) is 4.10. The minimum Gasteiger partial charge on any atom is -0.507 e. The molecule has 28 heavy (non-hydrogen) atoms. The number of hydrogen-bond donors (Lipinski definition) is 3. The zero-order chi connectivity index (χ0) is 20.5. The SMILES string of the molecule is NC(=O)C1C(=O)C[C@@H]2C[C@@H]3Cc4c(Br)ccc(O)c4C(=O)C3C(=O)[C@]2(O)C1=O. The fourth-order valence-corrected chi connectivity index (χ4v) is 5.42. The molecule has 1 aromatic rings. The van der Waals surface area contributed by atoms with Gasteiger partial charge < -0.3 is 15.9 Å². The first-order valence-electron chi connectivity index (χ1n) is 8.76. The molecule has 9 heteroatoms. The fourth-order valence-electron chi connectivity index (χ4n) is 4.93. The number of nitrogens with two attached hydrogens (primary N) is 1. The Bertz CT molecular complexity index is 987. The van der Waals surface area contributed by atoms with E-state index < -0.39 is 58.3 Å². The van der Waals surface area contributed by atoms with Gasteiger partial charge in [0.1, 0.15) is 5.75 Å². The van der Waals surface area contributed by atoms with Gasteiger partial charge in [-0.15, -0.1) is 0 Å². The van der Waals surface area contributed by atoms with Gasteiger partial charge in [-0.2, -0.15) is 0 Å². The van der Waals surface area contributed by atoms with Gasteiger partial charge in [0.15, 0.2) is 34.7 Å². The number of benzene rings is 1. The number of ketones is 4. The number of aliphatic hydroxyl groups is 1. The summed E-state index contributed by atoms with van der Waals surface area (Å²) in [5.41, 5.74) is 3.05. The molecule has 2 saturated carbocycles. The maximum atomic E-state index is 13.2. The number of rotatable bonds is 1. The molecular weight excluding hydrogens is 434 g/mol. The number of primary amides is 1. The van der Waals surface area contributed by atoms with Crippen molar-refractivity contribution in [2.75, 3.05) is 0 Å². The predicted molar refractivity (Wildman–Crippen MR) is 96.2 cm³/mol. The number of Topliss-reactive ketones (excluding diaryl/α,β-unsaturated/α-hetero) is 4. The minimum atomic E-state index is -2.61. The van der Waals surface area contributed by atoms with Gasteiger partial charge in [0.2, 0.25) is 5.91 Å². The van der Waals surface area contributed by atoms with Crippen LogP contribution in [-0.4, -0.2) is 44.9 Å². The van der Waals surface area contributed by atoms with E-state index >= 15 is 0 Å². The maximum absolute atomic E-state index is 13.2. The first-order valence-corrected chi connectivity index (χ1v) is 9.55. The third-order valence-electron chi connectivity index (χ3n) is 6.23. The summed E-state index contributed by atoms with van der Waals surface area (Å²) < 4.78 is 0.602. The number of halogens is 1. The van der Waals surface area contributed by atoms with Crippen LogP contribution in [0.4, 0.5) is 0 Å². The second-order valence-electron chi connectivity index (χ2n) is 7.66. The van der Waals surface area contributed by atoms with Crippen LogP contribution < -0.4 is 5.73 Å². The standard InChI is InChI=1S/C19H16BrNO7/c20-9-1-2-10(22)13-8(9)4-6-3-7-5-11(23)14(18(21)27)17(26)19(7,28)16(25)12(6)15(13)24/h1-2,6-7,12,14,22,28H,3-5H2,(H2,21,27)/t6-,7+,12?,14?,19+/m1/s1. The summed E-state index contributed by atoms with van der Waals surface area (Å²) in [6.07, 6.45) is 0.0108. The largest absolute Gasteiger partial charge is 0.507 e. The van der Waals surface area contributed by atoms with Crippen molar-refractivity contribution in [1.29, 1.82) is 0 Å². The zero-order valence-corrected chi connectivity index (χ0v) is 16.1. The van der Waals surface area contributed by atoms with E-state index in [1.807, 2.05) is 0 Å². The summed E-state index contributed by atoms with van der Waals surface area (Å²) in [5, 5.41) is 21.1. The van der Waals surface area contributed by atoms with E-state index in [2.05, 4.69) is 15.9 Å². The molecule has 4 rings (SSSR count). The number of phenols is 1.